The highest BCUT2D eigenvalue weighted by Gasteiger charge is 2.30. The zero-order valence-electron chi connectivity index (χ0n) is 29.2. The first kappa shape index (κ1) is 36.0. The summed E-state index contributed by atoms with van der Waals surface area (Å²) in [5, 5.41) is 1.54. The lowest BCUT2D eigenvalue weighted by atomic mass is 10.00. The molecule has 2 aliphatic rings. The molecule has 0 atom stereocenters. The molecule has 1 fully saturated rings. The van der Waals surface area contributed by atoms with Gasteiger partial charge in [-0.3, -0.25) is 4.31 Å². The summed E-state index contributed by atoms with van der Waals surface area (Å²) < 4.78 is 47.0. The van der Waals surface area contributed by atoms with Crippen LogP contribution >= 0.6 is 0 Å². The monoisotopic (exact) mass is 693 g/mol. The zero-order chi connectivity index (χ0) is 35.4. The molecule has 0 aromatic heterocycles. The predicted molar refractivity (Wildman–Crippen MR) is 186 cm³/mol. The minimum absolute atomic E-state index is 0.106. The Hall–Kier alpha value is -4.29. The van der Waals surface area contributed by atoms with E-state index >= 15 is 0 Å². The molecule has 11 nitrogen and oxygen atoms in total. The molecule has 1 saturated heterocycles. The molecule has 1 amide bonds. The standard InChI is InChI=1S/C37H47N3O8S/c1-36(2,3)46-34(41)38-21-19-32(20-22-38)45-31-14-16-33(17-15-31)49(43,44)40(25-27-10-8-7-9-11-27)30-13-12-28-18-23-39(26-29(28)24-30)48-35(42)47-37(4,5)6/h7-17,24,32H,18-23,25-26H2,1-6H3. The molecule has 5 rings (SSSR count). The molecule has 0 spiro atoms. The lowest BCUT2D eigenvalue weighted by Crippen LogP contribution is -2.44. The number of benzene rings is 3. The molecule has 264 valence electrons. The summed E-state index contributed by atoms with van der Waals surface area (Å²) in [6.07, 6.45) is 0.701. The molecule has 3 aromatic carbocycles. The molecule has 2 heterocycles. The number of hydrogen-bond acceptors (Lipinski definition) is 9. The third kappa shape index (κ3) is 9.88. The number of sulfonamides is 1. The van der Waals surface area contributed by atoms with E-state index < -0.39 is 27.4 Å². The Bertz CT molecular complexity index is 1710. The first-order valence-corrected chi connectivity index (χ1v) is 18.1. The second kappa shape index (κ2) is 14.7. The first-order valence-electron chi connectivity index (χ1n) is 16.6. The summed E-state index contributed by atoms with van der Waals surface area (Å²) in [5.41, 5.74) is 2.01. The average Bonchev–Trinajstić information content (AvgIpc) is 3.02. The molecule has 12 heteroatoms. The summed E-state index contributed by atoms with van der Waals surface area (Å²) in [6.45, 7) is 12.8. The van der Waals surface area contributed by atoms with Crippen molar-refractivity contribution in [2.45, 2.75) is 96.1 Å². The number of piperidine rings is 1. The highest BCUT2D eigenvalue weighted by atomic mass is 32.2. The van der Waals surface area contributed by atoms with Gasteiger partial charge in [0.2, 0.25) is 0 Å². The fourth-order valence-corrected chi connectivity index (χ4v) is 7.13. The maximum Gasteiger partial charge on any atom is 0.528 e. The molecular formula is C37H47N3O8S. The van der Waals surface area contributed by atoms with Crippen LogP contribution < -0.4 is 9.04 Å². The summed E-state index contributed by atoms with van der Waals surface area (Å²) in [6, 6.07) is 21.5. The van der Waals surface area contributed by atoms with E-state index in [9.17, 15) is 18.0 Å². The number of hydroxylamine groups is 2. The Balaban J connectivity index is 1.31. The van der Waals surface area contributed by atoms with Crippen LogP contribution in [0.25, 0.3) is 0 Å². The van der Waals surface area contributed by atoms with Crippen LogP contribution in [0.15, 0.2) is 77.7 Å². The van der Waals surface area contributed by atoms with Crippen molar-refractivity contribution < 1.29 is 37.1 Å². The largest absolute Gasteiger partial charge is 0.528 e. The smallest absolute Gasteiger partial charge is 0.490 e. The Morgan fingerprint density at radius 1 is 0.816 bits per heavy atom. The lowest BCUT2D eigenvalue weighted by molar-refractivity contribution is -0.151. The number of fused-ring (bicyclic) bond motifs is 1. The van der Waals surface area contributed by atoms with Gasteiger partial charge < -0.3 is 23.9 Å². The van der Waals surface area contributed by atoms with Gasteiger partial charge in [0.05, 0.1) is 23.7 Å². The zero-order valence-corrected chi connectivity index (χ0v) is 30.0. The number of hydrogen-bond donors (Lipinski definition) is 0. The van der Waals surface area contributed by atoms with E-state index in [1.54, 1.807) is 49.9 Å². The lowest BCUT2D eigenvalue weighted by Gasteiger charge is -2.33. The van der Waals surface area contributed by atoms with E-state index in [1.807, 2.05) is 69.3 Å². The maximum atomic E-state index is 14.3. The third-order valence-corrected chi connectivity index (χ3v) is 9.81. The van der Waals surface area contributed by atoms with Crippen LogP contribution in [0.2, 0.25) is 0 Å². The Morgan fingerprint density at radius 2 is 1.47 bits per heavy atom. The molecular weight excluding hydrogens is 646 g/mol. The van der Waals surface area contributed by atoms with Crippen LogP contribution in [0.1, 0.15) is 71.1 Å². The van der Waals surface area contributed by atoms with Crippen molar-refractivity contribution in [3.8, 4) is 5.75 Å². The number of amides is 1. The maximum absolute atomic E-state index is 14.3. The van der Waals surface area contributed by atoms with Gasteiger partial charge in [-0.2, -0.15) is 0 Å². The van der Waals surface area contributed by atoms with E-state index in [-0.39, 0.29) is 23.6 Å². The van der Waals surface area contributed by atoms with Crippen LogP contribution in [0, 0.1) is 0 Å². The fraction of sp³-hybridized carbons (Fsp3) is 0.459. The van der Waals surface area contributed by atoms with E-state index in [4.69, 9.17) is 19.0 Å². The Labute approximate surface area is 289 Å². The topological polar surface area (TPSA) is 115 Å². The van der Waals surface area contributed by atoms with E-state index in [2.05, 4.69) is 0 Å². The number of ether oxygens (including phenoxy) is 3. The number of nitrogens with zero attached hydrogens (tertiary/aromatic N) is 3. The molecule has 0 N–H and O–H groups in total. The van der Waals surface area contributed by atoms with Crippen LogP contribution in [0.3, 0.4) is 0 Å². The van der Waals surface area contributed by atoms with Gasteiger partial charge in [0.25, 0.3) is 10.0 Å². The second-order valence-corrected chi connectivity index (χ2v) is 16.2. The van der Waals surface area contributed by atoms with Gasteiger partial charge in [-0.25, -0.2) is 18.0 Å². The van der Waals surface area contributed by atoms with Crippen molar-refractivity contribution in [2.24, 2.45) is 0 Å². The fourth-order valence-electron chi connectivity index (χ4n) is 5.68. The van der Waals surface area contributed by atoms with E-state index in [0.717, 1.165) is 16.7 Å². The number of anilines is 1. The van der Waals surface area contributed by atoms with Crippen LogP contribution in [0.5, 0.6) is 5.75 Å². The highest BCUT2D eigenvalue weighted by molar-refractivity contribution is 7.92. The molecule has 0 bridgehead atoms. The van der Waals surface area contributed by atoms with Crippen LogP contribution in [0.4, 0.5) is 15.3 Å². The second-order valence-electron chi connectivity index (χ2n) is 14.4. The summed E-state index contributed by atoms with van der Waals surface area (Å²) in [5.74, 6) is 0.558. The molecule has 3 aromatic rings. The quantitative estimate of drug-likeness (QED) is 0.228. The van der Waals surface area contributed by atoms with Crippen molar-refractivity contribution in [3.63, 3.8) is 0 Å². The summed E-state index contributed by atoms with van der Waals surface area (Å²) >= 11 is 0. The van der Waals surface area contributed by atoms with Gasteiger partial charge >= 0.3 is 12.2 Å². The summed E-state index contributed by atoms with van der Waals surface area (Å²) in [7, 11) is -4.01. The summed E-state index contributed by atoms with van der Waals surface area (Å²) in [4.78, 5) is 32.0. The van der Waals surface area contributed by atoms with Crippen LogP contribution in [-0.2, 0) is 43.8 Å². The number of rotatable bonds is 8. The van der Waals surface area contributed by atoms with E-state index in [1.165, 1.54) is 9.37 Å². The normalized spacial score (nSPS) is 16.0. The molecule has 0 saturated carbocycles. The number of likely N-dealkylation sites (tertiary alicyclic amines) is 1. The van der Waals surface area contributed by atoms with Gasteiger partial charge in [-0.05, 0) is 101 Å². The molecule has 49 heavy (non-hydrogen) atoms. The number of carbonyl (C=O) groups is 2. The predicted octanol–water partition coefficient (Wildman–Crippen LogP) is 7.09. The Kier molecular flexibility index (Phi) is 10.8. The minimum atomic E-state index is -4.01. The van der Waals surface area contributed by atoms with Crippen molar-refractivity contribution in [1.82, 2.24) is 9.96 Å². The average molecular weight is 694 g/mol. The van der Waals surface area contributed by atoms with Gasteiger partial charge in [-0.1, -0.05) is 36.4 Å². The first-order chi connectivity index (χ1) is 23.1. The molecule has 2 aliphatic heterocycles. The van der Waals surface area contributed by atoms with Gasteiger partial charge in [0.1, 0.15) is 23.1 Å². The van der Waals surface area contributed by atoms with Crippen molar-refractivity contribution in [2.75, 3.05) is 23.9 Å². The SMILES string of the molecule is CC(C)(C)OC(=O)ON1CCc2ccc(N(Cc3ccccc3)S(=O)(=O)c3ccc(OC4CCN(C(=O)OC(C)(C)C)CC4)cc3)cc2C1. The van der Waals surface area contributed by atoms with Gasteiger partial charge in [-0.15, -0.1) is 5.06 Å². The van der Waals surface area contributed by atoms with Crippen molar-refractivity contribution >= 4 is 28.0 Å². The number of carbonyl (C=O) groups excluding carboxylic acids is 2. The van der Waals surface area contributed by atoms with Crippen molar-refractivity contribution in [3.05, 3.63) is 89.5 Å². The van der Waals surface area contributed by atoms with Gasteiger partial charge in [0, 0.05) is 32.5 Å². The van der Waals surface area contributed by atoms with Crippen molar-refractivity contribution in [1.29, 1.82) is 0 Å². The third-order valence-electron chi connectivity index (χ3n) is 8.03. The minimum Gasteiger partial charge on any atom is -0.490 e. The Morgan fingerprint density at radius 3 is 2.10 bits per heavy atom. The van der Waals surface area contributed by atoms with Crippen LogP contribution in [-0.4, -0.2) is 67.6 Å². The molecule has 0 unspecified atom stereocenters. The molecule has 0 aliphatic carbocycles. The van der Waals surface area contributed by atoms with E-state index in [0.29, 0.717) is 56.9 Å². The van der Waals surface area contributed by atoms with Gasteiger partial charge in [0.15, 0.2) is 0 Å². The highest BCUT2D eigenvalue weighted by Crippen LogP contribution is 2.32. The molecule has 0 radical (unpaired) electrons.